The molecule has 190 valence electrons. The van der Waals surface area contributed by atoms with Gasteiger partial charge in [-0.1, -0.05) is 32.8 Å². The standard InChI is InChI=1S/C26H42N4O4/c1-17(2)16-34-23-21(15-28-30(23)11-10-25(4,5)24(27)32)22(31)29-18(3)20-12-19-8-7-9-26(13-19,14-20)33-6/h10-11,15,17-20H,7-9,12-14,16H2,1-6H3,(H2,27,32)(H,29,31)/b11-10+/t18?,19?,20?,26-/m1/s1. The van der Waals surface area contributed by atoms with Crippen molar-refractivity contribution in [3.05, 3.63) is 17.8 Å². The number of nitrogens with one attached hydrogen (secondary N) is 1. The van der Waals surface area contributed by atoms with Crippen molar-refractivity contribution in [3.8, 4) is 5.88 Å². The van der Waals surface area contributed by atoms with E-state index in [4.69, 9.17) is 15.2 Å². The first-order valence-corrected chi connectivity index (χ1v) is 12.5. The number of nitrogens with two attached hydrogens (primary N) is 1. The largest absolute Gasteiger partial charge is 0.477 e. The highest BCUT2D eigenvalue weighted by atomic mass is 16.5. The van der Waals surface area contributed by atoms with Gasteiger partial charge in [-0.3, -0.25) is 9.59 Å². The first-order chi connectivity index (χ1) is 16.0. The molecule has 0 spiro atoms. The summed E-state index contributed by atoms with van der Waals surface area (Å²) in [6.45, 7) is 10.1. The molecule has 2 bridgehead atoms. The van der Waals surface area contributed by atoms with Gasteiger partial charge in [-0.25, -0.2) is 4.68 Å². The lowest BCUT2D eigenvalue weighted by atomic mass is 9.64. The summed E-state index contributed by atoms with van der Waals surface area (Å²) in [4.78, 5) is 25.0. The molecular formula is C26H42N4O4. The Balaban J connectivity index is 1.77. The lowest BCUT2D eigenvalue weighted by Crippen LogP contribution is -2.49. The number of carbonyl (C=O) groups is 2. The van der Waals surface area contributed by atoms with Gasteiger partial charge in [0.05, 0.1) is 23.8 Å². The highest BCUT2D eigenvalue weighted by Gasteiger charge is 2.44. The van der Waals surface area contributed by atoms with Crippen LogP contribution >= 0.6 is 0 Å². The molecule has 2 amide bonds. The number of ether oxygens (including phenoxy) is 2. The predicted octanol–water partition coefficient (Wildman–Crippen LogP) is 4.00. The Hall–Kier alpha value is -2.35. The Morgan fingerprint density at radius 2 is 2.09 bits per heavy atom. The molecule has 0 radical (unpaired) electrons. The molecule has 0 aliphatic heterocycles. The van der Waals surface area contributed by atoms with Crippen molar-refractivity contribution in [1.29, 1.82) is 0 Å². The predicted molar refractivity (Wildman–Crippen MR) is 132 cm³/mol. The van der Waals surface area contributed by atoms with Crippen LogP contribution in [0.15, 0.2) is 12.3 Å². The summed E-state index contributed by atoms with van der Waals surface area (Å²) in [7, 11) is 1.83. The molecular weight excluding hydrogens is 432 g/mol. The molecule has 3 N–H and O–H groups in total. The number of primary amides is 1. The van der Waals surface area contributed by atoms with E-state index in [9.17, 15) is 9.59 Å². The van der Waals surface area contributed by atoms with Gasteiger partial charge in [0.25, 0.3) is 5.91 Å². The molecule has 8 heteroatoms. The second-order valence-electron chi connectivity index (χ2n) is 11.2. The highest BCUT2D eigenvalue weighted by Crippen LogP contribution is 2.48. The van der Waals surface area contributed by atoms with Gasteiger partial charge in [0.2, 0.25) is 11.8 Å². The van der Waals surface area contributed by atoms with Crippen LogP contribution in [0, 0.1) is 23.2 Å². The molecule has 0 aromatic carbocycles. The molecule has 2 aliphatic carbocycles. The van der Waals surface area contributed by atoms with Crippen LogP contribution in [0.1, 0.15) is 83.5 Å². The third-order valence-corrected chi connectivity index (χ3v) is 7.49. The number of amides is 2. The van der Waals surface area contributed by atoms with Gasteiger partial charge in [0.1, 0.15) is 5.56 Å². The topological polar surface area (TPSA) is 108 Å². The molecule has 34 heavy (non-hydrogen) atoms. The first-order valence-electron chi connectivity index (χ1n) is 12.5. The number of hydrogen-bond acceptors (Lipinski definition) is 5. The normalized spacial score (nSPS) is 26.0. The molecule has 2 saturated carbocycles. The number of rotatable bonds is 10. The van der Waals surface area contributed by atoms with E-state index >= 15 is 0 Å². The first kappa shape index (κ1) is 26.3. The summed E-state index contributed by atoms with van der Waals surface area (Å²) in [6.07, 6.45) is 11.6. The van der Waals surface area contributed by atoms with Crippen molar-refractivity contribution in [2.45, 2.75) is 84.8 Å². The van der Waals surface area contributed by atoms with E-state index < -0.39 is 11.3 Å². The fourth-order valence-electron chi connectivity index (χ4n) is 5.21. The molecule has 3 rings (SSSR count). The molecule has 1 heterocycles. The van der Waals surface area contributed by atoms with E-state index in [1.165, 1.54) is 23.7 Å². The van der Waals surface area contributed by atoms with Gasteiger partial charge < -0.3 is 20.5 Å². The molecule has 1 aromatic heterocycles. The van der Waals surface area contributed by atoms with Crippen LogP contribution in [0.2, 0.25) is 0 Å². The van der Waals surface area contributed by atoms with E-state index in [1.54, 1.807) is 26.1 Å². The van der Waals surface area contributed by atoms with Gasteiger partial charge in [-0.15, -0.1) is 0 Å². The smallest absolute Gasteiger partial charge is 0.258 e. The van der Waals surface area contributed by atoms with Gasteiger partial charge in [0.15, 0.2) is 0 Å². The quantitative estimate of drug-likeness (QED) is 0.533. The summed E-state index contributed by atoms with van der Waals surface area (Å²) in [6, 6.07) is 0.00793. The lowest BCUT2D eigenvalue weighted by molar-refractivity contribution is -0.123. The maximum Gasteiger partial charge on any atom is 0.258 e. The van der Waals surface area contributed by atoms with Crippen LogP contribution in [0.25, 0.3) is 6.20 Å². The Morgan fingerprint density at radius 1 is 1.35 bits per heavy atom. The van der Waals surface area contributed by atoms with Crippen LogP contribution in [0.5, 0.6) is 5.88 Å². The molecule has 1 aromatic rings. The van der Waals surface area contributed by atoms with Crippen LogP contribution in [-0.4, -0.2) is 47.0 Å². The molecule has 2 fully saturated rings. The number of aromatic nitrogens is 2. The van der Waals surface area contributed by atoms with Crippen LogP contribution in [0.3, 0.4) is 0 Å². The van der Waals surface area contributed by atoms with Crippen LogP contribution in [0.4, 0.5) is 0 Å². The number of methoxy groups -OCH3 is 1. The minimum atomic E-state index is -0.853. The number of fused-ring (bicyclic) bond motifs is 2. The SMILES string of the molecule is CO[C@@]12CCCC(CC(C(C)NC(=O)c3cnn(/C=C/C(C)(C)C(N)=O)c3OCC(C)C)C1)C2. The van der Waals surface area contributed by atoms with E-state index in [0.717, 1.165) is 25.7 Å². The van der Waals surface area contributed by atoms with Crippen molar-refractivity contribution < 1.29 is 19.1 Å². The van der Waals surface area contributed by atoms with Gasteiger partial charge in [-0.2, -0.15) is 5.10 Å². The number of carbonyl (C=O) groups excluding carboxylic acids is 2. The monoisotopic (exact) mass is 474 g/mol. The van der Waals surface area contributed by atoms with Crippen LogP contribution < -0.4 is 15.8 Å². The summed E-state index contributed by atoms with van der Waals surface area (Å²) < 4.78 is 13.5. The highest BCUT2D eigenvalue weighted by molar-refractivity contribution is 5.96. The average molecular weight is 475 g/mol. The molecule has 8 nitrogen and oxygen atoms in total. The molecule has 3 unspecified atom stereocenters. The number of nitrogens with zero attached hydrogens (tertiary/aromatic N) is 2. The summed E-state index contributed by atoms with van der Waals surface area (Å²) in [5.74, 6) is 1.02. The van der Waals surface area contributed by atoms with Crippen molar-refractivity contribution in [2.24, 2.45) is 28.9 Å². The van der Waals surface area contributed by atoms with E-state index in [1.807, 2.05) is 21.0 Å². The summed E-state index contributed by atoms with van der Waals surface area (Å²) >= 11 is 0. The maximum atomic E-state index is 13.3. The van der Waals surface area contributed by atoms with Crippen molar-refractivity contribution in [1.82, 2.24) is 15.1 Å². The number of hydrogen-bond donors (Lipinski definition) is 2. The third-order valence-electron chi connectivity index (χ3n) is 7.49. The molecule has 2 aliphatic rings. The van der Waals surface area contributed by atoms with Gasteiger partial charge in [0, 0.05) is 19.4 Å². The van der Waals surface area contributed by atoms with Crippen molar-refractivity contribution >= 4 is 18.0 Å². The van der Waals surface area contributed by atoms with E-state index in [2.05, 4.69) is 17.3 Å². The average Bonchev–Trinajstić information content (AvgIpc) is 3.18. The maximum absolute atomic E-state index is 13.3. The zero-order valence-electron chi connectivity index (χ0n) is 21.6. The van der Waals surface area contributed by atoms with E-state index in [-0.39, 0.29) is 23.5 Å². The zero-order chi connectivity index (χ0) is 25.1. The summed E-state index contributed by atoms with van der Waals surface area (Å²) in [5, 5.41) is 7.54. The van der Waals surface area contributed by atoms with Crippen molar-refractivity contribution in [2.75, 3.05) is 13.7 Å². The fourth-order valence-corrected chi connectivity index (χ4v) is 5.21. The Kier molecular flexibility index (Phi) is 8.11. The Morgan fingerprint density at radius 3 is 2.74 bits per heavy atom. The van der Waals surface area contributed by atoms with Gasteiger partial charge >= 0.3 is 0 Å². The minimum Gasteiger partial charge on any atom is -0.477 e. The lowest BCUT2D eigenvalue weighted by Gasteiger charge is -2.48. The third kappa shape index (κ3) is 6.01. The minimum absolute atomic E-state index is 0.00793. The summed E-state index contributed by atoms with van der Waals surface area (Å²) in [5.41, 5.74) is 4.96. The second-order valence-corrected chi connectivity index (χ2v) is 11.2. The van der Waals surface area contributed by atoms with Crippen molar-refractivity contribution in [3.63, 3.8) is 0 Å². The molecule has 0 saturated heterocycles. The van der Waals surface area contributed by atoms with Gasteiger partial charge in [-0.05, 0) is 64.2 Å². The zero-order valence-corrected chi connectivity index (χ0v) is 21.6. The Bertz CT molecular complexity index is 907. The van der Waals surface area contributed by atoms with Crippen LogP contribution in [-0.2, 0) is 9.53 Å². The Labute approximate surface area is 203 Å². The van der Waals surface area contributed by atoms with E-state index in [0.29, 0.717) is 29.9 Å². The fraction of sp³-hybridized carbons (Fsp3) is 0.731. The molecule has 4 atom stereocenters. The second kappa shape index (κ2) is 10.5.